The molecule has 10 aromatic rings. The summed E-state index contributed by atoms with van der Waals surface area (Å²) < 4.78 is 14.8. The van der Waals surface area contributed by atoms with Gasteiger partial charge in [0, 0.05) is 32.8 Å². The van der Waals surface area contributed by atoms with E-state index in [1.54, 1.807) is 0 Å². The Bertz CT molecular complexity index is 2780. The molecule has 0 aliphatic rings. The summed E-state index contributed by atoms with van der Waals surface area (Å²) in [7, 11) is 0. The zero-order valence-electron chi connectivity index (χ0n) is 27.2. The largest absolute Gasteiger partial charge is 0.456 e. The summed E-state index contributed by atoms with van der Waals surface area (Å²) in [5.74, 6) is 0.935. The van der Waals surface area contributed by atoms with Gasteiger partial charge in [-0.3, -0.25) is 4.57 Å². The zero-order valence-corrected chi connectivity index (χ0v) is 27.2. The molecule has 4 nitrogen and oxygen atoms in total. The standard InChI is InChI=1S/C43H26N2O2.C2H6/c1-2-9-28(10-3-1)43-44-37-14-5-6-15-38(37)45(43)32-20-17-27(18-21-32)29-11-8-12-30(23-29)31-19-22-40-34(24-31)36-26-41-35(25-42(36)47-40)33-13-4-7-16-39(33)46-41;1-2/h1-26H;1-2H3. The van der Waals surface area contributed by atoms with E-state index < -0.39 is 0 Å². The molecule has 0 saturated carbocycles. The number of hydrogen-bond acceptors (Lipinski definition) is 3. The third kappa shape index (κ3) is 4.80. The van der Waals surface area contributed by atoms with Crippen molar-refractivity contribution in [3.8, 4) is 39.3 Å². The Morgan fingerprint density at radius 3 is 1.78 bits per heavy atom. The van der Waals surface area contributed by atoms with Gasteiger partial charge < -0.3 is 8.83 Å². The Kier molecular flexibility index (Phi) is 6.87. The molecule has 234 valence electrons. The topological polar surface area (TPSA) is 44.1 Å². The first-order valence-electron chi connectivity index (χ1n) is 16.8. The van der Waals surface area contributed by atoms with Gasteiger partial charge in [0.25, 0.3) is 0 Å². The van der Waals surface area contributed by atoms with Crippen LogP contribution in [-0.4, -0.2) is 9.55 Å². The molecular weight excluding hydrogens is 601 g/mol. The molecule has 0 unspecified atom stereocenters. The lowest BCUT2D eigenvalue weighted by Gasteiger charge is -2.11. The van der Waals surface area contributed by atoms with Gasteiger partial charge in [0.1, 0.15) is 28.2 Å². The van der Waals surface area contributed by atoms with E-state index in [4.69, 9.17) is 13.8 Å². The molecule has 0 amide bonds. The summed E-state index contributed by atoms with van der Waals surface area (Å²) in [6.07, 6.45) is 0. The normalized spacial score (nSPS) is 11.5. The van der Waals surface area contributed by atoms with Crippen LogP contribution >= 0.6 is 0 Å². The number of imidazole rings is 1. The lowest BCUT2D eigenvalue weighted by Crippen LogP contribution is -1.97. The lowest BCUT2D eigenvalue weighted by molar-refractivity contribution is 0.664. The third-order valence-electron chi connectivity index (χ3n) is 9.22. The molecule has 0 bridgehead atoms. The van der Waals surface area contributed by atoms with E-state index in [1.165, 1.54) is 0 Å². The van der Waals surface area contributed by atoms with Crippen LogP contribution in [0.3, 0.4) is 0 Å². The van der Waals surface area contributed by atoms with Gasteiger partial charge in [-0.05, 0) is 82.9 Å². The minimum Gasteiger partial charge on any atom is -0.456 e. The molecule has 0 spiro atoms. The molecule has 10 rings (SSSR count). The van der Waals surface area contributed by atoms with Gasteiger partial charge in [0.2, 0.25) is 0 Å². The highest BCUT2D eigenvalue weighted by Crippen LogP contribution is 2.38. The van der Waals surface area contributed by atoms with Crippen molar-refractivity contribution in [1.29, 1.82) is 0 Å². The van der Waals surface area contributed by atoms with E-state index >= 15 is 0 Å². The summed E-state index contributed by atoms with van der Waals surface area (Å²) >= 11 is 0. The van der Waals surface area contributed by atoms with Crippen molar-refractivity contribution in [1.82, 2.24) is 9.55 Å². The van der Waals surface area contributed by atoms with Crippen LogP contribution in [0.15, 0.2) is 167 Å². The maximum atomic E-state index is 6.32. The van der Waals surface area contributed by atoms with E-state index in [1.807, 2.05) is 44.2 Å². The van der Waals surface area contributed by atoms with Gasteiger partial charge in [-0.15, -0.1) is 0 Å². The summed E-state index contributed by atoms with van der Waals surface area (Å²) in [6.45, 7) is 4.00. The first-order chi connectivity index (χ1) is 24.3. The number of fused-ring (bicyclic) bond motifs is 7. The minimum absolute atomic E-state index is 0.867. The highest BCUT2D eigenvalue weighted by Gasteiger charge is 2.16. The molecule has 0 atom stereocenters. The quantitative estimate of drug-likeness (QED) is 0.194. The Morgan fingerprint density at radius 1 is 0.408 bits per heavy atom. The molecule has 0 aliphatic heterocycles. The fraction of sp³-hybridized carbons (Fsp3) is 0.0444. The van der Waals surface area contributed by atoms with Crippen LogP contribution in [0.25, 0.3) is 94.2 Å². The maximum Gasteiger partial charge on any atom is 0.145 e. The highest BCUT2D eigenvalue weighted by atomic mass is 16.3. The summed E-state index contributed by atoms with van der Waals surface area (Å²) in [5, 5.41) is 4.31. The van der Waals surface area contributed by atoms with Crippen molar-refractivity contribution < 1.29 is 8.83 Å². The van der Waals surface area contributed by atoms with Gasteiger partial charge in [-0.1, -0.05) is 111 Å². The maximum absolute atomic E-state index is 6.32. The fourth-order valence-electron chi connectivity index (χ4n) is 6.92. The van der Waals surface area contributed by atoms with Crippen molar-refractivity contribution in [3.63, 3.8) is 0 Å². The molecule has 3 heterocycles. The number of hydrogen-bond donors (Lipinski definition) is 0. The molecule has 7 aromatic carbocycles. The fourth-order valence-corrected chi connectivity index (χ4v) is 6.92. The van der Waals surface area contributed by atoms with Gasteiger partial charge in [0.15, 0.2) is 0 Å². The number of para-hydroxylation sites is 3. The van der Waals surface area contributed by atoms with Crippen molar-refractivity contribution >= 4 is 54.9 Å². The lowest BCUT2D eigenvalue weighted by atomic mass is 9.97. The Labute approximate surface area is 283 Å². The molecule has 4 heteroatoms. The Balaban J connectivity index is 0.00000160. The third-order valence-corrected chi connectivity index (χ3v) is 9.22. The number of rotatable bonds is 4. The smallest absolute Gasteiger partial charge is 0.145 e. The summed E-state index contributed by atoms with van der Waals surface area (Å²) in [6, 6.07) is 55.0. The molecular formula is C45H32N2O2. The Morgan fingerprint density at radius 2 is 0.980 bits per heavy atom. The highest BCUT2D eigenvalue weighted by molar-refractivity contribution is 6.15. The molecule has 0 aliphatic carbocycles. The van der Waals surface area contributed by atoms with Crippen LogP contribution in [0.1, 0.15) is 13.8 Å². The van der Waals surface area contributed by atoms with E-state index in [0.29, 0.717) is 0 Å². The van der Waals surface area contributed by atoms with E-state index in [0.717, 1.165) is 94.2 Å². The van der Waals surface area contributed by atoms with Crippen LogP contribution in [0, 0.1) is 0 Å². The second kappa shape index (κ2) is 11.7. The number of benzene rings is 7. The number of aromatic nitrogens is 2. The predicted octanol–water partition coefficient (Wildman–Crippen LogP) is 12.9. The Hall–Kier alpha value is -6.39. The molecule has 0 N–H and O–H groups in total. The predicted molar refractivity (Wildman–Crippen MR) is 203 cm³/mol. The van der Waals surface area contributed by atoms with E-state index in [2.05, 4.69) is 132 Å². The monoisotopic (exact) mass is 632 g/mol. The van der Waals surface area contributed by atoms with Crippen LogP contribution in [0.5, 0.6) is 0 Å². The van der Waals surface area contributed by atoms with Crippen LogP contribution in [0.4, 0.5) is 0 Å². The second-order valence-corrected chi connectivity index (χ2v) is 12.0. The first kappa shape index (κ1) is 28.8. The van der Waals surface area contributed by atoms with E-state index in [9.17, 15) is 0 Å². The molecule has 0 radical (unpaired) electrons. The van der Waals surface area contributed by atoms with Crippen molar-refractivity contribution in [2.45, 2.75) is 13.8 Å². The molecule has 0 fully saturated rings. The van der Waals surface area contributed by atoms with E-state index in [-0.39, 0.29) is 0 Å². The van der Waals surface area contributed by atoms with Gasteiger partial charge in [-0.25, -0.2) is 4.98 Å². The molecule has 0 saturated heterocycles. The second-order valence-electron chi connectivity index (χ2n) is 12.0. The van der Waals surface area contributed by atoms with Crippen molar-refractivity contribution in [2.24, 2.45) is 0 Å². The summed E-state index contributed by atoms with van der Waals surface area (Å²) in [5.41, 5.74) is 12.3. The van der Waals surface area contributed by atoms with Crippen LogP contribution < -0.4 is 0 Å². The van der Waals surface area contributed by atoms with Gasteiger partial charge in [0.05, 0.1) is 11.0 Å². The molecule has 49 heavy (non-hydrogen) atoms. The zero-order chi connectivity index (χ0) is 32.9. The van der Waals surface area contributed by atoms with Crippen LogP contribution in [-0.2, 0) is 0 Å². The van der Waals surface area contributed by atoms with Gasteiger partial charge >= 0.3 is 0 Å². The first-order valence-corrected chi connectivity index (χ1v) is 16.8. The van der Waals surface area contributed by atoms with Crippen molar-refractivity contribution in [3.05, 3.63) is 158 Å². The molecule has 3 aromatic heterocycles. The number of nitrogens with zero attached hydrogens (tertiary/aromatic N) is 2. The number of furan rings is 2. The summed E-state index contributed by atoms with van der Waals surface area (Å²) in [4.78, 5) is 5.00. The van der Waals surface area contributed by atoms with Gasteiger partial charge in [-0.2, -0.15) is 0 Å². The van der Waals surface area contributed by atoms with Crippen LogP contribution in [0.2, 0.25) is 0 Å². The average Bonchev–Trinajstić information content (AvgIpc) is 3.86. The minimum atomic E-state index is 0.867. The average molecular weight is 633 g/mol. The SMILES string of the molecule is CC.c1ccc(-c2nc3ccccc3n2-c2ccc(-c3cccc(-c4ccc5oc6cc7c(cc6c5c4)oc4ccccc47)c3)cc2)cc1. The van der Waals surface area contributed by atoms with Crippen molar-refractivity contribution in [2.75, 3.05) is 0 Å².